The van der Waals surface area contributed by atoms with E-state index in [1.165, 1.54) is 0 Å². The lowest BCUT2D eigenvalue weighted by Gasteiger charge is -2.17. The number of anilines is 1. The number of carbonyl (C=O) groups is 1. The fourth-order valence-electron chi connectivity index (χ4n) is 2.83. The number of aromatic nitrogens is 2. The first-order valence-corrected chi connectivity index (χ1v) is 9.24. The van der Waals surface area contributed by atoms with Gasteiger partial charge in [-0.2, -0.15) is 4.98 Å². The van der Waals surface area contributed by atoms with Crippen LogP contribution in [0.2, 0.25) is 0 Å². The van der Waals surface area contributed by atoms with E-state index in [9.17, 15) is 24.2 Å². The molecule has 0 unspecified atom stereocenters. The van der Waals surface area contributed by atoms with Gasteiger partial charge in [0.05, 0.1) is 19.4 Å². The Hall–Kier alpha value is -2.08. The third-order valence-electron chi connectivity index (χ3n) is 4.40. The number of rotatable bonds is 9. The van der Waals surface area contributed by atoms with Gasteiger partial charge in [0, 0.05) is 0 Å². The summed E-state index contributed by atoms with van der Waals surface area (Å²) < 4.78 is 25.0. The van der Waals surface area contributed by atoms with Crippen LogP contribution in [0.25, 0.3) is 0 Å². The summed E-state index contributed by atoms with van der Waals surface area (Å²) in [6.07, 6.45) is -0.981. The minimum atomic E-state index is -1.56. The molecule has 4 N–H and O–H groups in total. The van der Waals surface area contributed by atoms with Crippen molar-refractivity contribution in [1.82, 2.24) is 9.55 Å². The number of nitrogens with one attached hydrogen (secondary N) is 1. The van der Waals surface area contributed by atoms with Crippen LogP contribution in [0.4, 0.5) is 15.0 Å². The van der Waals surface area contributed by atoms with Crippen molar-refractivity contribution in [3.8, 4) is 0 Å². The van der Waals surface area contributed by atoms with Crippen LogP contribution in [-0.2, 0) is 9.47 Å². The Morgan fingerprint density at radius 1 is 1.32 bits per heavy atom. The molecule has 1 aliphatic heterocycles. The molecule has 1 aliphatic rings. The van der Waals surface area contributed by atoms with Gasteiger partial charge >= 0.3 is 11.8 Å². The van der Waals surface area contributed by atoms with Crippen LogP contribution in [0.3, 0.4) is 0 Å². The molecule has 1 aromatic heterocycles. The van der Waals surface area contributed by atoms with Gasteiger partial charge in [-0.3, -0.25) is 9.88 Å². The van der Waals surface area contributed by atoms with Gasteiger partial charge in [0.25, 0.3) is 0 Å². The summed E-state index contributed by atoms with van der Waals surface area (Å²) in [6.45, 7) is 1.66. The van der Waals surface area contributed by atoms with Crippen molar-refractivity contribution in [3.63, 3.8) is 0 Å². The highest BCUT2D eigenvalue weighted by Gasteiger charge is 2.44. The van der Waals surface area contributed by atoms with Crippen molar-refractivity contribution < 1.29 is 34.0 Å². The number of amides is 1. The predicted molar refractivity (Wildman–Crippen MR) is 95.2 cm³/mol. The summed E-state index contributed by atoms with van der Waals surface area (Å²) in [5, 5.41) is 30.8. The van der Waals surface area contributed by atoms with Crippen LogP contribution >= 0.6 is 0 Å². The molecule has 0 radical (unpaired) electrons. The maximum atomic E-state index is 14.2. The number of unbranched alkanes of at least 4 members (excludes halogenated alkanes) is 4. The van der Waals surface area contributed by atoms with E-state index in [-0.39, 0.29) is 6.61 Å². The van der Waals surface area contributed by atoms with E-state index in [2.05, 4.69) is 17.2 Å². The van der Waals surface area contributed by atoms with Gasteiger partial charge in [0.2, 0.25) is 0 Å². The fourth-order valence-corrected chi connectivity index (χ4v) is 2.83. The van der Waals surface area contributed by atoms with Crippen molar-refractivity contribution in [2.45, 2.75) is 63.6 Å². The maximum absolute atomic E-state index is 14.2. The monoisotopic (exact) mass is 403 g/mol. The van der Waals surface area contributed by atoms with Gasteiger partial charge in [-0.25, -0.2) is 14.0 Å². The van der Waals surface area contributed by atoms with Crippen LogP contribution in [-0.4, -0.2) is 62.5 Å². The van der Waals surface area contributed by atoms with E-state index in [4.69, 9.17) is 14.6 Å². The van der Waals surface area contributed by atoms with Crippen molar-refractivity contribution in [2.75, 3.05) is 18.5 Å². The number of carbonyl (C=O) groups excluding carboxylic acids is 1. The van der Waals surface area contributed by atoms with Crippen LogP contribution in [0.15, 0.2) is 11.0 Å². The maximum Gasteiger partial charge on any atom is 0.412 e. The molecule has 1 amide bonds. The standard InChI is InChI=1S/C17H26FN3O7/c1-2-3-4-5-6-7-27-17(26)20-14-10(18)8-21(16(25)19-14)15-13(24)12(23)11(9-22)28-15/h8,11-13,15,22-24H,2-7,9H2,1H3,(H,19,20,25,26)/t11-,12-,13-,15-/m1/s1. The largest absolute Gasteiger partial charge is 0.449 e. The SMILES string of the molecule is CCCCCCCOC(=O)Nc1nc(=O)n([C@@H]2O[C@H](CO)[C@@H](O)[C@H]2O)cc1F. The number of halogens is 1. The van der Waals surface area contributed by atoms with E-state index in [0.29, 0.717) is 17.2 Å². The highest BCUT2D eigenvalue weighted by molar-refractivity contribution is 5.83. The fraction of sp³-hybridized carbons (Fsp3) is 0.706. The molecule has 10 nitrogen and oxygen atoms in total. The van der Waals surface area contributed by atoms with Crippen LogP contribution in [0.1, 0.15) is 45.3 Å². The number of hydrogen-bond donors (Lipinski definition) is 4. The first kappa shape index (κ1) is 22.2. The average molecular weight is 403 g/mol. The molecule has 4 atom stereocenters. The lowest BCUT2D eigenvalue weighted by atomic mass is 10.1. The molecule has 11 heteroatoms. The second-order valence-electron chi connectivity index (χ2n) is 6.53. The Kier molecular flexibility index (Phi) is 8.30. The molecule has 0 aromatic carbocycles. The smallest absolute Gasteiger partial charge is 0.412 e. The van der Waals surface area contributed by atoms with Crippen LogP contribution in [0, 0.1) is 5.82 Å². The second kappa shape index (κ2) is 10.5. The zero-order chi connectivity index (χ0) is 20.7. The molecule has 2 rings (SSSR count). The predicted octanol–water partition coefficient (Wildman–Crippen LogP) is 0.513. The highest BCUT2D eigenvalue weighted by Crippen LogP contribution is 2.28. The molecular formula is C17H26FN3O7. The van der Waals surface area contributed by atoms with E-state index < -0.39 is 54.6 Å². The number of nitrogens with zero attached hydrogens (tertiary/aromatic N) is 2. The topological polar surface area (TPSA) is 143 Å². The molecule has 1 saturated heterocycles. The molecule has 28 heavy (non-hydrogen) atoms. The first-order chi connectivity index (χ1) is 13.4. The summed E-state index contributed by atoms with van der Waals surface area (Å²) >= 11 is 0. The zero-order valence-corrected chi connectivity index (χ0v) is 15.6. The Bertz CT molecular complexity index is 714. The average Bonchev–Trinajstić information content (AvgIpc) is 2.95. The van der Waals surface area contributed by atoms with Crippen molar-refractivity contribution >= 4 is 11.9 Å². The summed E-state index contributed by atoms with van der Waals surface area (Å²) in [5.41, 5.74) is -1.02. The molecule has 0 spiro atoms. The third kappa shape index (κ3) is 5.47. The number of aliphatic hydroxyl groups is 3. The van der Waals surface area contributed by atoms with Crippen LogP contribution in [0.5, 0.6) is 0 Å². The van der Waals surface area contributed by atoms with Gasteiger partial charge in [0.1, 0.15) is 18.3 Å². The Labute approximate surface area is 160 Å². The van der Waals surface area contributed by atoms with Gasteiger partial charge in [-0.05, 0) is 6.42 Å². The Balaban J connectivity index is 1.96. The first-order valence-electron chi connectivity index (χ1n) is 9.24. The minimum absolute atomic E-state index is 0.163. The Morgan fingerprint density at radius 3 is 2.68 bits per heavy atom. The lowest BCUT2D eigenvalue weighted by Crippen LogP contribution is -2.36. The molecule has 1 fully saturated rings. The van der Waals surface area contributed by atoms with E-state index in [0.717, 1.165) is 25.7 Å². The second-order valence-corrected chi connectivity index (χ2v) is 6.53. The quantitative estimate of drug-likeness (QED) is 0.437. The summed E-state index contributed by atoms with van der Waals surface area (Å²) in [4.78, 5) is 27.3. The van der Waals surface area contributed by atoms with Crippen LogP contribution < -0.4 is 11.0 Å². The summed E-state index contributed by atoms with van der Waals surface area (Å²) in [5.74, 6) is -1.68. The minimum Gasteiger partial charge on any atom is -0.449 e. The van der Waals surface area contributed by atoms with Gasteiger partial charge in [0.15, 0.2) is 17.9 Å². The van der Waals surface area contributed by atoms with Crippen molar-refractivity contribution in [3.05, 3.63) is 22.5 Å². The number of aliphatic hydroxyl groups excluding tert-OH is 3. The van der Waals surface area contributed by atoms with E-state index in [1.54, 1.807) is 0 Å². The molecule has 0 saturated carbocycles. The number of hydrogen-bond acceptors (Lipinski definition) is 8. The molecular weight excluding hydrogens is 377 g/mol. The van der Waals surface area contributed by atoms with E-state index in [1.807, 2.05) is 0 Å². The Morgan fingerprint density at radius 2 is 2.04 bits per heavy atom. The number of ether oxygens (including phenoxy) is 2. The van der Waals surface area contributed by atoms with Crippen molar-refractivity contribution in [1.29, 1.82) is 0 Å². The zero-order valence-electron chi connectivity index (χ0n) is 15.6. The molecule has 0 aliphatic carbocycles. The highest BCUT2D eigenvalue weighted by atomic mass is 19.1. The normalized spacial score (nSPS) is 24.3. The summed E-state index contributed by atoms with van der Waals surface area (Å²) in [7, 11) is 0. The van der Waals surface area contributed by atoms with Gasteiger partial charge in [-0.1, -0.05) is 32.6 Å². The van der Waals surface area contributed by atoms with E-state index >= 15 is 0 Å². The van der Waals surface area contributed by atoms with Crippen molar-refractivity contribution in [2.24, 2.45) is 0 Å². The molecule has 158 valence electrons. The molecule has 0 bridgehead atoms. The lowest BCUT2D eigenvalue weighted by molar-refractivity contribution is -0.0553. The van der Waals surface area contributed by atoms with Gasteiger partial charge in [-0.15, -0.1) is 0 Å². The molecule has 1 aromatic rings. The summed E-state index contributed by atoms with van der Waals surface area (Å²) in [6, 6.07) is 0. The third-order valence-corrected chi connectivity index (χ3v) is 4.40. The molecule has 2 heterocycles. The van der Waals surface area contributed by atoms with Gasteiger partial charge < -0.3 is 24.8 Å².